The monoisotopic (exact) mass is 664 g/mol. The molecule has 3 aromatic rings. The van der Waals surface area contributed by atoms with Gasteiger partial charge >= 0.3 is 0 Å². The third kappa shape index (κ3) is 7.99. The molecule has 2 amide bonds. The van der Waals surface area contributed by atoms with Crippen molar-refractivity contribution in [2.24, 2.45) is 0 Å². The summed E-state index contributed by atoms with van der Waals surface area (Å²) in [6.45, 7) is 5.78. The molecule has 0 saturated carbocycles. The Balaban J connectivity index is 2.13. The SMILES string of the molecule is CC[C@@H](C)NC(=O)[C@@H](C)N(Cc1c(Cl)cccc1Cl)C(=O)CN(c1ccc(OC)cc1)S(=O)(=O)c1ccc(C)c([N+](=O)[O-])c1. The van der Waals surface area contributed by atoms with Crippen molar-refractivity contribution in [3.63, 3.8) is 0 Å². The highest BCUT2D eigenvalue weighted by molar-refractivity contribution is 7.92. The van der Waals surface area contributed by atoms with Gasteiger partial charge in [0.15, 0.2) is 0 Å². The highest BCUT2D eigenvalue weighted by atomic mass is 35.5. The molecule has 0 radical (unpaired) electrons. The van der Waals surface area contributed by atoms with Crippen molar-refractivity contribution in [1.82, 2.24) is 10.2 Å². The number of nitro benzene ring substituents is 1. The predicted molar refractivity (Wildman–Crippen MR) is 170 cm³/mol. The Kier molecular flexibility index (Phi) is 11.6. The first-order chi connectivity index (χ1) is 20.7. The average molecular weight is 666 g/mol. The molecule has 0 saturated heterocycles. The van der Waals surface area contributed by atoms with Crippen molar-refractivity contribution >= 4 is 56.4 Å². The fourth-order valence-electron chi connectivity index (χ4n) is 4.25. The molecule has 11 nitrogen and oxygen atoms in total. The number of aryl methyl sites for hydroxylation is 1. The number of hydrogen-bond acceptors (Lipinski definition) is 7. The number of nitrogens with zero attached hydrogens (tertiary/aromatic N) is 3. The first-order valence-corrected chi connectivity index (χ1v) is 15.8. The summed E-state index contributed by atoms with van der Waals surface area (Å²) in [4.78, 5) is 39.1. The van der Waals surface area contributed by atoms with Crippen LogP contribution in [0.5, 0.6) is 5.75 Å². The summed E-state index contributed by atoms with van der Waals surface area (Å²) >= 11 is 12.8. The molecule has 1 N–H and O–H groups in total. The van der Waals surface area contributed by atoms with Gasteiger partial charge in [-0.3, -0.25) is 24.0 Å². The van der Waals surface area contributed by atoms with Crippen LogP contribution in [0.25, 0.3) is 0 Å². The van der Waals surface area contributed by atoms with Gasteiger partial charge in [0.2, 0.25) is 11.8 Å². The van der Waals surface area contributed by atoms with E-state index in [2.05, 4.69) is 5.32 Å². The molecule has 0 unspecified atom stereocenters. The van der Waals surface area contributed by atoms with Crippen LogP contribution in [0.3, 0.4) is 0 Å². The maximum Gasteiger partial charge on any atom is 0.273 e. The van der Waals surface area contributed by atoms with Crippen molar-refractivity contribution in [3.8, 4) is 5.75 Å². The zero-order chi connectivity index (χ0) is 32.8. The molecule has 3 aromatic carbocycles. The van der Waals surface area contributed by atoms with Gasteiger partial charge in [-0.05, 0) is 69.7 Å². The number of rotatable bonds is 13. The maximum atomic E-state index is 14.1. The Bertz CT molecular complexity index is 1610. The van der Waals surface area contributed by atoms with Crippen molar-refractivity contribution in [2.45, 2.75) is 57.6 Å². The van der Waals surface area contributed by atoms with E-state index >= 15 is 0 Å². The molecule has 14 heteroatoms. The molecule has 0 heterocycles. The minimum atomic E-state index is -4.55. The molecule has 0 aliphatic carbocycles. The first kappa shape index (κ1) is 34.6. The molecule has 44 heavy (non-hydrogen) atoms. The van der Waals surface area contributed by atoms with Crippen molar-refractivity contribution in [3.05, 3.63) is 92.0 Å². The smallest absolute Gasteiger partial charge is 0.273 e. The zero-order valence-corrected chi connectivity index (χ0v) is 27.2. The number of sulfonamides is 1. The van der Waals surface area contributed by atoms with Crippen LogP contribution in [-0.2, 0) is 26.2 Å². The second-order valence-electron chi connectivity index (χ2n) is 10.1. The van der Waals surface area contributed by atoms with E-state index in [1.807, 2.05) is 13.8 Å². The minimum absolute atomic E-state index is 0.0924. The lowest BCUT2D eigenvalue weighted by Crippen LogP contribution is -2.52. The second kappa shape index (κ2) is 14.7. The Morgan fingerprint density at radius 1 is 1.05 bits per heavy atom. The van der Waals surface area contributed by atoms with Gasteiger partial charge in [0.25, 0.3) is 15.7 Å². The average Bonchev–Trinajstić information content (AvgIpc) is 2.99. The van der Waals surface area contributed by atoms with E-state index in [4.69, 9.17) is 27.9 Å². The first-order valence-electron chi connectivity index (χ1n) is 13.7. The van der Waals surface area contributed by atoms with E-state index in [-0.39, 0.29) is 38.8 Å². The molecule has 0 fully saturated rings. The van der Waals surface area contributed by atoms with Gasteiger partial charge in [0.05, 0.1) is 22.6 Å². The number of benzene rings is 3. The van der Waals surface area contributed by atoms with Gasteiger partial charge < -0.3 is 15.0 Å². The van der Waals surface area contributed by atoms with Crippen LogP contribution < -0.4 is 14.4 Å². The third-order valence-electron chi connectivity index (χ3n) is 7.16. The fourth-order valence-corrected chi connectivity index (χ4v) is 6.20. The van der Waals surface area contributed by atoms with E-state index in [9.17, 15) is 28.1 Å². The number of carbonyl (C=O) groups is 2. The Morgan fingerprint density at radius 3 is 2.20 bits per heavy atom. The Labute approximate surface area is 266 Å². The lowest BCUT2D eigenvalue weighted by molar-refractivity contribution is -0.385. The molecule has 0 spiro atoms. The normalized spacial score (nSPS) is 12.6. The molecule has 2 atom stereocenters. The minimum Gasteiger partial charge on any atom is -0.497 e. The number of nitro groups is 1. The molecule has 0 aliphatic rings. The van der Waals surface area contributed by atoms with Gasteiger partial charge in [0, 0.05) is 39.8 Å². The van der Waals surface area contributed by atoms with E-state index in [1.54, 1.807) is 18.2 Å². The fraction of sp³-hybridized carbons (Fsp3) is 0.333. The molecule has 236 valence electrons. The number of methoxy groups -OCH3 is 1. The van der Waals surface area contributed by atoms with Crippen LogP contribution in [0.15, 0.2) is 65.6 Å². The zero-order valence-electron chi connectivity index (χ0n) is 24.9. The number of hydrogen-bond donors (Lipinski definition) is 1. The lowest BCUT2D eigenvalue weighted by Gasteiger charge is -2.32. The summed E-state index contributed by atoms with van der Waals surface area (Å²) in [5.41, 5.74) is 0.345. The van der Waals surface area contributed by atoms with Crippen LogP contribution in [0.2, 0.25) is 10.0 Å². The Morgan fingerprint density at radius 2 is 1.66 bits per heavy atom. The molecule has 3 rings (SSSR count). The third-order valence-corrected chi connectivity index (χ3v) is 9.64. The summed E-state index contributed by atoms with van der Waals surface area (Å²) in [6.07, 6.45) is 0.648. The lowest BCUT2D eigenvalue weighted by atomic mass is 10.1. The Hall–Kier alpha value is -3.87. The number of nitrogens with one attached hydrogen (secondary N) is 1. The number of halogens is 2. The second-order valence-corrected chi connectivity index (χ2v) is 12.8. The van der Waals surface area contributed by atoms with Gasteiger partial charge in [-0.2, -0.15) is 0 Å². The number of ether oxygens (including phenoxy) is 1. The predicted octanol–water partition coefficient (Wildman–Crippen LogP) is 5.75. The van der Waals surface area contributed by atoms with Crippen molar-refractivity contribution < 1.29 is 27.7 Å². The van der Waals surface area contributed by atoms with Crippen LogP contribution in [0.4, 0.5) is 11.4 Å². The summed E-state index contributed by atoms with van der Waals surface area (Å²) < 4.78 is 34.2. The van der Waals surface area contributed by atoms with E-state index in [0.29, 0.717) is 17.7 Å². The van der Waals surface area contributed by atoms with Crippen LogP contribution in [-0.4, -0.2) is 55.8 Å². The van der Waals surface area contributed by atoms with E-state index < -0.39 is 45.0 Å². The van der Waals surface area contributed by atoms with Crippen LogP contribution >= 0.6 is 23.2 Å². The standard InChI is InChI=1S/C30H34Cl2N4O7S/c1-6-20(3)33-30(38)21(4)34(17-25-26(31)8-7-9-27(25)32)29(37)18-35(22-11-13-23(43-5)14-12-22)44(41,42)24-15-10-19(2)28(16-24)36(39)40/h7-16,20-21H,6,17-18H2,1-5H3,(H,33,38)/t20-,21-/m1/s1. The number of anilines is 1. The van der Waals surface area contributed by atoms with Gasteiger partial charge in [-0.1, -0.05) is 42.3 Å². The maximum absolute atomic E-state index is 14.1. The van der Waals surface area contributed by atoms with Crippen LogP contribution in [0, 0.1) is 17.0 Å². The van der Waals surface area contributed by atoms with E-state index in [1.165, 1.54) is 62.3 Å². The molecule has 0 aromatic heterocycles. The summed E-state index contributed by atoms with van der Waals surface area (Å²) in [6, 6.07) is 13.0. The molecule has 0 aliphatic heterocycles. The molecule has 0 bridgehead atoms. The summed E-state index contributed by atoms with van der Waals surface area (Å²) in [5, 5.41) is 15.0. The largest absolute Gasteiger partial charge is 0.497 e. The molecular formula is C30H34Cl2N4O7S. The highest BCUT2D eigenvalue weighted by Crippen LogP contribution is 2.31. The quantitative estimate of drug-likeness (QED) is 0.181. The van der Waals surface area contributed by atoms with Gasteiger partial charge in [-0.25, -0.2) is 8.42 Å². The van der Waals surface area contributed by atoms with Crippen molar-refractivity contribution in [1.29, 1.82) is 0 Å². The topological polar surface area (TPSA) is 139 Å². The number of carbonyl (C=O) groups excluding carboxylic acids is 2. The number of amides is 2. The van der Waals surface area contributed by atoms with Crippen molar-refractivity contribution in [2.75, 3.05) is 18.0 Å². The molecular weight excluding hydrogens is 631 g/mol. The summed E-state index contributed by atoms with van der Waals surface area (Å²) in [7, 11) is -3.10. The van der Waals surface area contributed by atoms with E-state index in [0.717, 1.165) is 10.4 Å². The highest BCUT2D eigenvalue weighted by Gasteiger charge is 2.34. The van der Waals surface area contributed by atoms with Gasteiger partial charge in [0.1, 0.15) is 18.3 Å². The van der Waals surface area contributed by atoms with Crippen LogP contribution in [0.1, 0.15) is 38.3 Å². The summed E-state index contributed by atoms with van der Waals surface area (Å²) in [5.74, 6) is -0.758. The van der Waals surface area contributed by atoms with Gasteiger partial charge in [-0.15, -0.1) is 0 Å².